The predicted molar refractivity (Wildman–Crippen MR) is 109 cm³/mol. The van der Waals surface area contributed by atoms with Crippen LogP contribution >= 0.6 is 0 Å². The Labute approximate surface area is 154 Å². The Morgan fingerprint density at radius 1 is 0.680 bits per heavy atom. The number of hydrogen-bond donors (Lipinski definition) is 1. The first-order valence-electron chi connectivity index (χ1n) is 10.1. The van der Waals surface area contributed by atoms with Crippen molar-refractivity contribution in [2.75, 3.05) is 0 Å². The highest BCUT2D eigenvalue weighted by atomic mass is 16.3. The van der Waals surface area contributed by atoms with E-state index in [1.807, 2.05) is 18.2 Å². The van der Waals surface area contributed by atoms with E-state index in [1.54, 1.807) is 6.07 Å². The van der Waals surface area contributed by atoms with Crippen molar-refractivity contribution < 1.29 is 5.11 Å². The summed E-state index contributed by atoms with van der Waals surface area (Å²) in [6.07, 6.45) is 11.7. The summed E-state index contributed by atoms with van der Waals surface area (Å²) in [5.41, 5.74) is 3.58. The molecule has 2 aromatic carbocycles. The topological polar surface area (TPSA) is 20.2 Å². The van der Waals surface area contributed by atoms with E-state index in [0.717, 1.165) is 5.56 Å². The molecule has 0 heterocycles. The van der Waals surface area contributed by atoms with Crippen LogP contribution in [0.5, 0.6) is 5.75 Å². The lowest BCUT2D eigenvalue weighted by Crippen LogP contribution is -2.02. The Hall–Kier alpha value is -1.76. The predicted octanol–water partition coefficient (Wildman–Crippen LogP) is 7.69. The van der Waals surface area contributed by atoms with Gasteiger partial charge in [0.15, 0.2) is 0 Å². The zero-order valence-corrected chi connectivity index (χ0v) is 16.0. The van der Waals surface area contributed by atoms with Crippen LogP contribution < -0.4 is 0 Å². The number of para-hydroxylation sites is 1. The highest BCUT2D eigenvalue weighted by Gasteiger charge is 2.17. The number of benzene rings is 2. The summed E-state index contributed by atoms with van der Waals surface area (Å²) in [5.74, 6) is 0.976. The zero-order valence-electron chi connectivity index (χ0n) is 16.0. The molecule has 1 N–H and O–H groups in total. The fourth-order valence-electron chi connectivity index (χ4n) is 3.70. The lowest BCUT2D eigenvalue weighted by molar-refractivity contribution is 0.476. The molecule has 0 aromatic heterocycles. The third-order valence-electron chi connectivity index (χ3n) is 5.16. The molecule has 1 atom stereocenters. The van der Waals surface area contributed by atoms with E-state index in [4.69, 9.17) is 0 Å². The van der Waals surface area contributed by atoms with Crippen molar-refractivity contribution in [3.8, 4) is 16.9 Å². The molecule has 136 valence electrons. The molecule has 1 unspecified atom stereocenters. The molecule has 0 aliphatic carbocycles. The Balaban J connectivity index is 2.20. The van der Waals surface area contributed by atoms with Crippen LogP contribution in [0.1, 0.15) is 83.1 Å². The van der Waals surface area contributed by atoms with Gasteiger partial charge in [0.2, 0.25) is 0 Å². The number of rotatable bonds is 11. The van der Waals surface area contributed by atoms with Crippen molar-refractivity contribution in [1.29, 1.82) is 0 Å². The van der Waals surface area contributed by atoms with Crippen LogP contribution in [0.15, 0.2) is 48.5 Å². The number of hydrogen-bond acceptors (Lipinski definition) is 1. The summed E-state index contributed by atoms with van der Waals surface area (Å²) >= 11 is 0. The smallest absolute Gasteiger partial charge is 0.123 e. The molecule has 0 aliphatic heterocycles. The Morgan fingerprint density at radius 3 is 2.00 bits per heavy atom. The molecule has 0 aliphatic rings. The fourth-order valence-corrected chi connectivity index (χ4v) is 3.70. The zero-order chi connectivity index (χ0) is 17.9. The Kier molecular flexibility index (Phi) is 8.59. The molecule has 2 rings (SSSR count). The molecule has 1 heteroatoms. The minimum Gasteiger partial charge on any atom is -0.507 e. The average Bonchev–Trinajstić information content (AvgIpc) is 2.64. The van der Waals surface area contributed by atoms with Crippen molar-refractivity contribution in [3.63, 3.8) is 0 Å². The van der Waals surface area contributed by atoms with Crippen LogP contribution in [-0.2, 0) is 0 Å². The summed E-state index contributed by atoms with van der Waals surface area (Å²) < 4.78 is 0. The van der Waals surface area contributed by atoms with Gasteiger partial charge in [0.1, 0.15) is 5.75 Å². The van der Waals surface area contributed by atoms with Crippen LogP contribution in [0, 0.1) is 0 Å². The first kappa shape index (κ1) is 19.6. The first-order chi connectivity index (χ1) is 12.3. The summed E-state index contributed by atoms with van der Waals surface area (Å²) in [6.45, 7) is 4.54. The van der Waals surface area contributed by atoms with Crippen LogP contribution in [0.2, 0.25) is 0 Å². The van der Waals surface area contributed by atoms with Gasteiger partial charge >= 0.3 is 0 Å². The SMILES string of the molecule is CCCCCCCC(CCCC)c1ccccc1-c1ccccc1O. The van der Waals surface area contributed by atoms with Gasteiger partial charge in [-0.2, -0.15) is 0 Å². The van der Waals surface area contributed by atoms with Gasteiger partial charge in [-0.05, 0) is 36.0 Å². The van der Waals surface area contributed by atoms with Gasteiger partial charge in [-0.15, -0.1) is 0 Å². The Morgan fingerprint density at radius 2 is 1.28 bits per heavy atom. The third kappa shape index (κ3) is 5.92. The fraction of sp³-hybridized carbons (Fsp3) is 0.500. The van der Waals surface area contributed by atoms with Gasteiger partial charge < -0.3 is 5.11 Å². The van der Waals surface area contributed by atoms with E-state index in [0.29, 0.717) is 11.7 Å². The lowest BCUT2D eigenvalue weighted by atomic mass is 9.84. The molecule has 0 fully saturated rings. The molecule has 0 radical (unpaired) electrons. The van der Waals surface area contributed by atoms with E-state index in [2.05, 4.69) is 38.1 Å². The molecular formula is C24H34O. The number of phenols is 1. The summed E-state index contributed by atoms with van der Waals surface area (Å²) in [6, 6.07) is 16.4. The summed E-state index contributed by atoms with van der Waals surface area (Å²) in [4.78, 5) is 0. The van der Waals surface area contributed by atoms with E-state index in [-0.39, 0.29) is 0 Å². The van der Waals surface area contributed by atoms with Gasteiger partial charge in [-0.3, -0.25) is 0 Å². The summed E-state index contributed by atoms with van der Waals surface area (Å²) in [7, 11) is 0. The maximum atomic E-state index is 10.3. The molecular weight excluding hydrogens is 304 g/mol. The molecule has 0 amide bonds. The Bertz CT molecular complexity index is 617. The van der Waals surface area contributed by atoms with Crippen molar-refractivity contribution in [3.05, 3.63) is 54.1 Å². The molecule has 2 aromatic rings. The normalized spacial score (nSPS) is 12.2. The number of phenolic OH excluding ortho intramolecular Hbond substituents is 1. The minimum absolute atomic E-state index is 0.382. The molecule has 25 heavy (non-hydrogen) atoms. The van der Waals surface area contributed by atoms with E-state index < -0.39 is 0 Å². The number of unbranched alkanes of at least 4 members (excludes halogenated alkanes) is 5. The largest absolute Gasteiger partial charge is 0.507 e. The van der Waals surface area contributed by atoms with Gasteiger partial charge in [0.25, 0.3) is 0 Å². The lowest BCUT2D eigenvalue weighted by Gasteiger charge is -2.21. The molecule has 0 saturated heterocycles. The van der Waals surface area contributed by atoms with Gasteiger partial charge in [0, 0.05) is 5.56 Å². The van der Waals surface area contributed by atoms with E-state index >= 15 is 0 Å². The third-order valence-corrected chi connectivity index (χ3v) is 5.16. The van der Waals surface area contributed by atoms with Crippen molar-refractivity contribution >= 4 is 0 Å². The van der Waals surface area contributed by atoms with E-state index in [1.165, 1.54) is 68.9 Å². The van der Waals surface area contributed by atoms with Crippen LogP contribution in [0.4, 0.5) is 0 Å². The molecule has 1 nitrogen and oxygen atoms in total. The standard InChI is InChI=1S/C24H34O/c1-3-5-7-8-9-15-20(14-6-4-2)21-16-10-11-17-22(21)23-18-12-13-19-24(23)25/h10-13,16-20,25H,3-9,14-15H2,1-2H3. The maximum absolute atomic E-state index is 10.3. The van der Waals surface area contributed by atoms with Crippen LogP contribution in [0.3, 0.4) is 0 Å². The molecule has 0 saturated carbocycles. The highest BCUT2D eigenvalue weighted by Crippen LogP contribution is 2.38. The summed E-state index contributed by atoms with van der Waals surface area (Å²) in [5, 5.41) is 10.3. The van der Waals surface area contributed by atoms with Crippen molar-refractivity contribution in [1.82, 2.24) is 0 Å². The van der Waals surface area contributed by atoms with Crippen LogP contribution in [0.25, 0.3) is 11.1 Å². The maximum Gasteiger partial charge on any atom is 0.123 e. The van der Waals surface area contributed by atoms with Crippen molar-refractivity contribution in [2.45, 2.75) is 77.6 Å². The number of aromatic hydroxyl groups is 1. The second kappa shape index (κ2) is 11.0. The first-order valence-corrected chi connectivity index (χ1v) is 10.1. The van der Waals surface area contributed by atoms with E-state index in [9.17, 15) is 5.11 Å². The minimum atomic E-state index is 0.382. The van der Waals surface area contributed by atoms with Crippen molar-refractivity contribution in [2.24, 2.45) is 0 Å². The molecule has 0 bridgehead atoms. The quantitative estimate of drug-likeness (QED) is 0.416. The average molecular weight is 339 g/mol. The second-order valence-corrected chi connectivity index (χ2v) is 7.15. The monoisotopic (exact) mass is 338 g/mol. The molecule has 0 spiro atoms. The van der Waals surface area contributed by atoms with Gasteiger partial charge in [-0.25, -0.2) is 0 Å². The van der Waals surface area contributed by atoms with Gasteiger partial charge in [0.05, 0.1) is 0 Å². The van der Waals surface area contributed by atoms with Gasteiger partial charge in [-0.1, -0.05) is 101 Å². The highest BCUT2D eigenvalue weighted by molar-refractivity contribution is 5.73. The van der Waals surface area contributed by atoms with Crippen LogP contribution in [-0.4, -0.2) is 5.11 Å². The second-order valence-electron chi connectivity index (χ2n) is 7.15.